The van der Waals surface area contributed by atoms with Crippen molar-refractivity contribution < 1.29 is 0 Å². The number of hydrogen-bond acceptors (Lipinski definition) is 3. The summed E-state index contributed by atoms with van der Waals surface area (Å²) in [4.78, 5) is 2.74. The van der Waals surface area contributed by atoms with Gasteiger partial charge < -0.3 is 15.5 Å². The third-order valence-corrected chi connectivity index (χ3v) is 4.71. The molecule has 3 nitrogen and oxygen atoms in total. The summed E-state index contributed by atoms with van der Waals surface area (Å²) in [6.07, 6.45) is 7.75. The summed E-state index contributed by atoms with van der Waals surface area (Å²) in [7, 11) is 4.21. The fourth-order valence-electron chi connectivity index (χ4n) is 2.77. The number of hydrogen-bond donors (Lipinski definition) is 2. The Hall–Kier alpha value is -0.220. The molecule has 2 N–H and O–H groups in total. The van der Waals surface area contributed by atoms with Crippen LogP contribution < -0.4 is 10.6 Å². The van der Waals surface area contributed by atoms with E-state index < -0.39 is 0 Å². The Morgan fingerprint density at radius 2 is 2.18 bits per heavy atom. The van der Waals surface area contributed by atoms with E-state index in [9.17, 15) is 0 Å². The molecule has 0 amide bonds. The Bertz CT molecular complexity index is 278. The molecule has 2 rings (SSSR count). The SMILES string of the molecule is CN(C)CCNC1=CC(Br)C2CCCCC2N1. The molecule has 0 aromatic carbocycles. The summed E-state index contributed by atoms with van der Waals surface area (Å²) < 4.78 is 0. The summed E-state index contributed by atoms with van der Waals surface area (Å²) in [5, 5.41) is 7.16. The van der Waals surface area contributed by atoms with Gasteiger partial charge in [-0.15, -0.1) is 0 Å². The van der Waals surface area contributed by atoms with Gasteiger partial charge in [0.25, 0.3) is 0 Å². The molecule has 0 saturated heterocycles. The molecular formula is C13H24BrN3. The van der Waals surface area contributed by atoms with E-state index in [0.29, 0.717) is 10.9 Å². The van der Waals surface area contributed by atoms with Gasteiger partial charge in [0.05, 0.1) is 5.82 Å². The largest absolute Gasteiger partial charge is 0.371 e. The van der Waals surface area contributed by atoms with Gasteiger partial charge in [-0.3, -0.25) is 0 Å². The number of nitrogens with one attached hydrogen (secondary N) is 2. The second-order valence-electron chi connectivity index (χ2n) is 5.45. The number of allylic oxidation sites excluding steroid dienone is 1. The van der Waals surface area contributed by atoms with Crippen molar-refractivity contribution in [1.29, 1.82) is 0 Å². The molecular weight excluding hydrogens is 278 g/mol. The van der Waals surface area contributed by atoms with Gasteiger partial charge in [0.2, 0.25) is 0 Å². The lowest BCUT2D eigenvalue weighted by atomic mass is 9.81. The summed E-state index contributed by atoms with van der Waals surface area (Å²) in [5.74, 6) is 2.00. The van der Waals surface area contributed by atoms with E-state index in [1.807, 2.05) is 0 Å². The second-order valence-corrected chi connectivity index (χ2v) is 6.51. The predicted octanol–water partition coefficient (Wildman–Crippen LogP) is 1.90. The fraction of sp³-hybridized carbons (Fsp3) is 0.846. The van der Waals surface area contributed by atoms with Crippen LogP contribution in [0.5, 0.6) is 0 Å². The molecule has 1 aliphatic heterocycles. The van der Waals surface area contributed by atoms with Crippen LogP contribution in [0.3, 0.4) is 0 Å². The molecule has 0 radical (unpaired) electrons. The number of halogens is 1. The normalized spacial score (nSPS) is 32.7. The van der Waals surface area contributed by atoms with Crippen molar-refractivity contribution in [3.63, 3.8) is 0 Å². The quantitative estimate of drug-likeness (QED) is 0.777. The molecule has 0 bridgehead atoms. The molecule has 17 heavy (non-hydrogen) atoms. The van der Waals surface area contributed by atoms with E-state index in [4.69, 9.17) is 0 Å². The van der Waals surface area contributed by atoms with Gasteiger partial charge in [0, 0.05) is 24.0 Å². The lowest BCUT2D eigenvalue weighted by Gasteiger charge is -2.39. The number of rotatable bonds is 4. The van der Waals surface area contributed by atoms with Crippen LogP contribution in [-0.2, 0) is 0 Å². The zero-order chi connectivity index (χ0) is 12.3. The van der Waals surface area contributed by atoms with Crippen LogP contribution in [0.4, 0.5) is 0 Å². The summed E-state index contributed by atoms with van der Waals surface area (Å²) >= 11 is 3.82. The zero-order valence-electron chi connectivity index (χ0n) is 10.9. The van der Waals surface area contributed by atoms with Crippen LogP contribution in [0.2, 0.25) is 0 Å². The Balaban J connectivity index is 1.86. The smallest absolute Gasteiger partial charge is 0.0959 e. The van der Waals surface area contributed by atoms with Crippen LogP contribution in [-0.4, -0.2) is 43.0 Å². The molecule has 4 heteroatoms. The first-order valence-corrected chi connectivity index (χ1v) is 7.59. The molecule has 3 atom stereocenters. The van der Waals surface area contributed by atoms with Gasteiger partial charge in [0.1, 0.15) is 0 Å². The second kappa shape index (κ2) is 6.10. The van der Waals surface area contributed by atoms with Crippen molar-refractivity contribution in [2.24, 2.45) is 5.92 Å². The molecule has 1 fully saturated rings. The standard InChI is InChI=1S/C13H24BrN3/c1-17(2)8-7-15-13-9-11(14)10-5-3-4-6-12(10)16-13/h9-12,15-16H,3-8H2,1-2H3. The average molecular weight is 302 g/mol. The van der Waals surface area contributed by atoms with Gasteiger partial charge in [-0.1, -0.05) is 28.8 Å². The zero-order valence-corrected chi connectivity index (χ0v) is 12.5. The van der Waals surface area contributed by atoms with Crippen molar-refractivity contribution in [3.05, 3.63) is 11.9 Å². The van der Waals surface area contributed by atoms with Crippen molar-refractivity contribution in [2.45, 2.75) is 36.6 Å². The Morgan fingerprint density at radius 1 is 1.41 bits per heavy atom. The van der Waals surface area contributed by atoms with Gasteiger partial charge in [-0.05, 0) is 38.9 Å². The highest BCUT2D eigenvalue weighted by molar-refractivity contribution is 9.09. The van der Waals surface area contributed by atoms with E-state index >= 15 is 0 Å². The van der Waals surface area contributed by atoms with Crippen LogP contribution in [0.15, 0.2) is 11.9 Å². The van der Waals surface area contributed by atoms with Crippen molar-refractivity contribution in [3.8, 4) is 0 Å². The molecule has 0 aromatic rings. The van der Waals surface area contributed by atoms with Gasteiger partial charge in [0.15, 0.2) is 0 Å². The van der Waals surface area contributed by atoms with Crippen molar-refractivity contribution in [1.82, 2.24) is 15.5 Å². The van der Waals surface area contributed by atoms with E-state index in [2.05, 4.69) is 51.6 Å². The summed E-state index contributed by atoms with van der Waals surface area (Å²) in [6, 6.07) is 0.667. The lowest BCUT2D eigenvalue weighted by Crippen LogP contribution is -2.48. The van der Waals surface area contributed by atoms with Gasteiger partial charge in [-0.2, -0.15) is 0 Å². The Labute approximate surface area is 113 Å². The van der Waals surface area contributed by atoms with E-state index in [-0.39, 0.29) is 0 Å². The molecule has 1 aliphatic carbocycles. The highest BCUT2D eigenvalue weighted by atomic mass is 79.9. The first-order chi connectivity index (χ1) is 8.16. The minimum atomic E-state index is 0.538. The van der Waals surface area contributed by atoms with Crippen molar-refractivity contribution in [2.75, 3.05) is 27.2 Å². The maximum atomic E-state index is 3.82. The fourth-order valence-corrected chi connectivity index (χ4v) is 3.67. The Morgan fingerprint density at radius 3 is 2.94 bits per heavy atom. The number of alkyl halides is 1. The predicted molar refractivity (Wildman–Crippen MR) is 76.2 cm³/mol. The number of fused-ring (bicyclic) bond motifs is 1. The first kappa shape index (κ1) is 13.2. The first-order valence-electron chi connectivity index (χ1n) is 6.68. The Kier molecular flexibility index (Phi) is 4.74. The molecule has 2 aliphatic rings. The molecule has 0 aromatic heterocycles. The van der Waals surface area contributed by atoms with E-state index in [1.165, 1.54) is 31.5 Å². The monoisotopic (exact) mass is 301 g/mol. The van der Waals surface area contributed by atoms with Gasteiger partial charge >= 0.3 is 0 Å². The molecule has 1 heterocycles. The minimum absolute atomic E-state index is 0.538. The molecule has 98 valence electrons. The highest BCUT2D eigenvalue weighted by Gasteiger charge is 2.33. The van der Waals surface area contributed by atoms with Crippen molar-refractivity contribution >= 4 is 15.9 Å². The topological polar surface area (TPSA) is 27.3 Å². The highest BCUT2D eigenvalue weighted by Crippen LogP contribution is 2.34. The maximum absolute atomic E-state index is 3.82. The van der Waals surface area contributed by atoms with Crippen LogP contribution in [0, 0.1) is 5.92 Å². The molecule has 0 spiro atoms. The van der Waals surface area contributed by atoms with E-state index in [1.54, 1.807) is 0 Å². The van der Waals surface area contributed by atoms with E-state index in [0.717, 1.165) is 19.0 Å². The number of likely N-dealkylation sites (N-methyl/N-ethyl adjacent to an activating group) is 1. The molecule has 1 saturated carbocycles. The van der Waals surface area contributed by atoms with Crippen LogP contribution in [0.1, 0.15) is 25.7 Å². The number of nitrogens with zero attached hydrogens (tertiary/aromatic N) is 1. The summed E-state index contributed by atoms with van der Waals surface area (Å²) in [5.41, 5.74) is 0. The maximum Gasteiger partial charge on any atom is 0.0959 e. The van der Waals surface area contributed by atoms with Gasteiger partial charge in [-0.25, -0.2) is 0 Å². The minimum Gasteiger partial charge on any atom is -0.371 e. The third-order valence-electron chi connectivity index (χ3n) is 3.77. The van der Waals surface area contributed by atoms with Crippen LogP contribution in [0.25, 0.3) is 0 Å². The summed E-state index contributed by atoms with van der Waals surface area (Å²) in [6.45, 7) is 2.07. The average Bonchev–Trinajstić information content (AvgIpc) is 2.28. The third kappa shape index (κ3) is 3.62. The molecule has 3 unspecified atom stereocenters. The van der Waals surface area contributed by atoms with Crippen LogP contribution >= 0.6 is 15.9 Å². The lowest BCUT2D eigenvalue weighted by molar-refractivity contribution is 0.265.